The zero-order valence-electron chi connectivity index (χ0n) is 10.4. The first kappa shape index (κ1) is 11.7. The lowest BCUT2D eigenvalue weighted by Crippen LogP contribution is -1.96. The van der Waals surface area contributed by atoms with Crippen LogP contribution >= 0.6 is 0 Å². The fraction of sp³-hybridized carbons (Fsp3) is 0.143. The number of imidazole rings is 1. The molecule has 0 radical (unpaired) electrons. The highest BCUT2D eigenvalue weighted by molar-refractivity contribution is 5.46. The van der Waals surface area contributed by atoms with Crippen LogP contribution in [0.5, 0.6) is 11.6 Å². The maximum absolute atomic E-state index is 9.50. The van der Waals surface area contributed by atoms with Crippen molar-refractivity contribution in [1.82, 2.24) is 14.4 Å². The normalized spacial score (nSPS) is 10.8. The van der Waals surface area contributed by atoms with Gasteiger partial charge in [-0.3, -0.25) is 9.38 Å². The fourth-order valence-electron chi connectivity index (χ4n) is 1.93. The third kappa shape index (κ3) is 2.04. The molecule has 0 aromatic carbocycles. The minimum atomic E-state index is -0.139. The summed E-state index contributed by atoms with van der Waals surface area (Å²) in [6.45, 7) is 1.73. The standard InChI is InChI=1S/C14H13N3O2/c1-10-12(5-4-7-15-10)19-14-11(9-18)17-8-3-2-6-13(17)16-14/h2-8,18H,9H2,1H3. The molecule has 0 spiro atoms. The Morgan fingerprint density at radius 1 is 1.26 bits per heavy atom. The molecule has 3 aromatic heterocycles. The number of hydrogen-bond acceptors (Lipinski definition) is 4. The molecule has 0 aliphatic heterocycles. The van der Waals surface area contributed by atoms with Crippen molar-refractivity contribution in [3.63, 3.8) is 0 Å². The largest absolute Gasteiger partial charge is 0.435 e. The summed E-state index contributed by atoms with van der Waals surface area (Å²) in [5.41, 5.74) is 2.14. The van der Waals surface area contributed by atoms with Crippen molar-refractivity contribution in [1.29, 1.82) is 0 Å². The van der Waals surface area contributed by atoms with Crippen LogP contribution in [0.3, 0.4) is 0 Å². The lowest BCUT2D eigenvalue weighted by atomic mass is 10.3. The van der Waals surface area contributed by atoms with E-state index in [9.17, 15) is 5.11 Å². The molecule has 0 saturated heterocycles. The molecular weight excluding hydrogens is 242 g/mol. The molecule has 3 heterocycles. The molecule has 1 N–H and O–H groups in total. The number of aryl methyl sites for hydroxylation is 1. The summed E-state index contributed by atoms with van der Waals surface area (Å²) in [4.78, 5) is 8.54. The Labute approximate surface area is 110 Å². The van der Waals surface area contributed by atoms with Crippen LogP contribution in [0, 0.1) is 6.92 Å². The second kappa shape index (κ2) is 4.70. The van der Waals surface area contributed by atoms with Gasteiger partial charge < -0.3 is 9.84 Å². The molecule has 5 nitrogen and oxygen atoms in total. The highest BCUT2D eigenvalue weighted by Gasteiger charge is 2.14. The van der Waals surface area contributed by atoms with E-state index >= 15 is 0 Å². The van der Waals surface area contributed by atoms with E-state index in [-0.39, 0.29) is 6.61 Å². The molecule has 0 saturated carbocycles. The van der Waals surface area contributed by atoms with Crippen LogP contribution in [0.2, 0.25) is 0 Å². The minimum absolute atomic E-state index is 0.139. The molecule has 0 atom stereocenters. The van der Waals surface area contributed by atoms with E-state index < -0.39 is 0 Å². The number of ether oxygens (including phenoxy) is 1. The quantitative estimate of drug-likeness (QED) is 0.780. The molecule has 0 aliphatic carbocycles. The summed E-state index contributed by atoms with van der Waals surface area (Å²) in [7, 11) is 0. The summed E-state index contributed by atoms with van der Waals surface area (Å²) in [6.07, 6.45) is 3.55. The Hall–Kier alpha value is -2.40. The van der Waals surface area contributed by atoms with Crippen molar-refractivity contribution >= 4 is 5.65 Å². The van der Waals surface area contributed by atoms with Crippen LogP contribution in [-0.4, -0.2) is 19.5 Å². The van der Waals surface area contributed by atoms with Crippen LogP contribution in [-0.2, 0) is 6.61 Å². The SMILES string of the molecule is Cc1ncccc1Oc1nc2ccccn2c1CO. The van der Waals surface area contributed by atoms with Crippen LogP contribution in [0.1, 0.15) is 11.4 Å². The Balaban J connectivity index is 2.08. The van der Waals surface area contributed by atoms with Gasteiger partial charge in [0.15, 0.2) is 5.75 Å². The van der Waals surface area contributed by atoms with E-state index in [1.807, 2.05) is 37.4 Å². The van der Waals surface area contributed by atoms with Gasteiger partial charge in [0.05, 0.1) is 12.3 Å². The number of aliphatic hydroxyl groups is 1. The molecule has 3 rings (SSSR count). The van der Waals surface area contributed by atoms with Gasteiger partial charge in [0.1, 0.15) is 11.3 Å². The predicted molar refractivity (Wildman–Crippen MR) is 70.2 cm³/mol. The first-order chi connectivity index (χ1) is 9.29. The van der Waals surface area contributed by atoms with Gasteiger partial charge >= 0.3 is 0 Å². The lowest BCUT2D eigenvalue weighted by molar-refractivity contribution is 0.269. The topological polar surface area (TPSA) is 59.7 Å². The van der Waals surface area contributed by atoms with Gasteiger partial charge in [-0.05, 0) is 31.2 Å². The van der Waals surface area contributed by atoms with Crippen LogP contribution in [0.4, 0.5) is 0 Å². The van der Waals surface area contributed by atoms with Gasteiger partial charge in [-0.2, -0.15) is 4.98 Å². The zero-order valence-corrected chi connectivity index (χ0v) is 10.4. The Bertz CT molecular complexity index is 722. The summed E-state index contributed by atoms with van der Waals surface area (Å²) in [5.74, 6) is 1.05. The van der Waals surface area contributed by atoms with Crippen LogP contribution in [0.15, 0.2) is 42.7 Å². The number of aliphatic hydroxyl groups excluding tert-OH is 1. The summed E-state index contributed by atoms with van der Waals surface area (Å²) >= 11 is 0. The Morgan fingerprint density at radius 3 is 2.95 bits per heavy atom. The number of pyridine rings is 2. The molecule has 0 amide bonds. The molecule has 3 aromatic rings. The monoisotopic (exact) mass is 255 g/mol. The smallest absolute Gasteiger partial charge is 0.243 e. The second-order valence-corrected chi connectivity index (χ2v) is 4.14. The molecular formula is C14H13N3O2. The molecule has 19 heavy (non-hydrogen) atoms. The zero-order chi connectivity index (χ0) is 13.2. The van der Waals surface area contributed by atoms with Crippen LogP contribution in [0.25, 0.3) is 5.65 Å². The number of nitrogens with zero attached hydrogens (tertiary/aromatic N) is 3. The molecule has 0 bridgehead atoms. The molecule has 0 fully saturated rings. The van der Waals surface area contributed by atoms with Crippen molar-refractivity contribution in [3.05, 3.63) is 54.1 Å². The Morgan fingerprint density at radius 2 is 2.16 bits per heavy atom. The van der Waals surface area contributed by atoms with E-state index in [1.54, 1.807) is 16.7 Å². The van der Waals surface area contributed by atoms with E-state index in [2.05, 4.69) is 9.97 Å². The van der Waals surface area contributed by atoms with Gasteiger partial charge in [-0.1, -0.05) is 6.07 Å². The minimum Gasteiger partial charge on any atom is -0.435 e. The number of aromatic nitrogens is 3. The van der Waals surface area contributed by atoms with Gasteiger partial charge in [0.2, 0.25) is 5.88 Å². The van der Waals surface area contributed by atoms with Crippen molar-refractivity contribution in [2.75, 3.05) is 0 Å². The van der Waals surface area contributed by atoms with Crippen molar-refractivity contribution < 1.29 is 9.84 Å². The number of fused-ring (bicyclic) bond motifs is 1. The van der Waals surface area contributed by atoms with Crippen molar-refractivity contribution in [2.24, 2.45) is 0 Å². The third-order valence-electron chi connectivity index (χ3n) is 2.91. The predicted octanol–water partition coefficient (Wildman–Crippen LogP) is 2.32. The van der Waals surface area contributed by atoms with Gasteiger partial charge in [-0.25, -0.2) is 0 Å². The average molecular weight is 255 g/mol. The highest BCUT2D eigenvalue weighted by Crippen LogP contribution is 2.27. The number of rotatable bonds is 3. The molecule has 5 heteroatoms. The van der Waals surface area contributed by atoms with E-state index in [1.165, 1.54) is 0 Å². The molecule has 96 valence electrons. The molecule has 0 aliphatic rings. The average Bonchev–Trinajstić information content (AvgIpc) is 2.78. The second-order valence-electron chi connectivity index (χ2n) is 4.14. The first-order valence-corrected chi connectivity index (χ1v) is 5.96. The maximum atomic E-state index is 9.50. The van der Waals surface area contributed by atoms with E-state index in [4.69, 9.17) is 4.74 Å². The fourth-order valence-corrected chi connectivity index (χ4v) is 1.93. The lowest BCUT2D eigenvalue weighted by Gasteiger charge is -2.06. The van der Waals surface area contributed by atoms with Crippen LogP contribution < -0.4 is 4.74 Å². The number of hydrogen-bond donors (Lipinski definition) is 1. The first-order valence-electron chi connectivity index (χ1n) is 5.96. The van der Waals surface area contributed by atoms with Crippen molar-refractivity contribution in [2.45, 2.75) is 13.5 Å². The van der Waals surface area contributed by atoms with E-state index in [0.29, 0.717) is 17.3 Å². The van der Waals surface area contributed by atoms with E-state index in [0.717, 1.165) is 11.3 Å². The van der Waals surface area contributed by atoms with Gasteiger partial charge in [0.25, 0.3) is 0 Å². The molecule has 0 unspecified atom stereocenters. The summed E-state index contributed by atoms with van der Waals surface area (Å²) in [5, 5.41) is 9.50. The third-order valence-corrected chi connectivity index (χ3v) is 2.91. The van der Waals surface area contributed by atoms with Gasteiger partial charge in [0, 0.05) is 12.4 Å². The summed E-state index contributed by atoms with van der Waals surface area (Å²) in [6, 6.07) is 9.27. The summed E-state index contributed by atoms with van der Waals surface area (Å²) < 4.78 is 7.57. The van der Waals surface area contributed by atoms with Gasteiger partial charge in [-0.15, -0.1) is 0 Å². The maximum Gasteiger partial charge on any atom is 0.243 e. The Kier molecular flexibility index (Phi) is 2.89. The van der Waals surface area contributed by atoms with Crippen molar-refractivity contribution in [3.8, 4) is 11.6 Å². The highest BCUT2D eigenvalue weighted by atomic mass is 16.5.